The Bertz CT molecular complexity index is 1350. The van der Waals surface area contributed by atoms with E-state index in [-0.39, 0.29) is 53.1 Å². The maximum Gasteiger partial charge on any atom is 0.255 e. The fourth-order valence-electron chi connectivity index (χ4n) is 6.27. The number of carbonyl (C=O) groups is 3. The van der Waals surface area contributed by atoms with Gasteiger partial charge < -0.3 is 21.1 Å². The molecule has 2 aromatic carbocycles. The topological polar surface area (TPSA) is 141 Å². The molecule has 0 radical (unpaired) electrons. The lowest BCUT2D eigenvalue weighted by molar-refractivity contribution is -0.122. The zero-order valence-corrected chi connectivity index (χ0v) is 21.2. The first-order valence-corrected chi connectivity index (χ1v) is 13.1. The normalized spacial score (nSPS) is 21.8. The van der Waals surface area contributed by atoms with Gasteiger partial charge in [0.1, 0.15) is 17.1 Å². The van der Waals surface area contributed by atoms with Gasteiger partial charge in [-0.2, -0.15) is 0 Å². The summed E-state index contributed by atoms with van der Waals surface area (Å²) in [6.45, 7) is 3.15. The number of allylic oxidation sites excluding steroid dienone is 1. The fraction of sp³-hybridized carbons (Fsp3) is 0.367. The second kappa shape index (κ2) is 10.5. The molecule has 1 aliphatic heterocycles. The number of aromatic hydroxyl groups is 1. The van der Waals surface area contributed by atoms with E-state index in [1.165, 1.54) is 18.4 Å². The maximum absolute atomic E-state index is 13.1. The van der Waals surface area contributed by atoms with Crippen LogP contribution in [0.15, 0.2) is 53.8 Å². The number of rotatable bonds is 7. The summed E-state index contributed by atoms with van der Waals surface area (Å²) >= 11 is 0. The highest BCUT2D eigenvalue weighted by molar-refractivity contribution is 6.18. The van der Waals surface area contributed by atoms with Crippen molar-refractivity contribution in [3.05, 3.63) is 70.5 Å². The highest BCUT2D eigenvalue weighted by Gasteiger charge is 2.40. The van der Waals surface area contributed by atoms with Crippen molar-refractivity contribution in [3.8, 4) is 16.9 Å². The molecular weight excluding hydrogens is 484 g/mol. The van der Waals surface area contributed by atoms with E-state index in [2.05, 4.69) is 29.2 Å². The van der Waals surface area contributed by atoms with Gasteiger partial charge in [0.2, 0.25) is 0 Å². The van der Waals surface area contributed by atoms with Crippen LogP contribution in [-0.2, 0) is 27.3 Å². The Morgan fingerprint density at radius 1 is 1.03 bits per heavy atom. The Balaban J connectivity index is 1.43. The van der Waals surface area contributed by atoms with Crippen LogP contribution < -0.4 is 5.73 Å². The number of benzene rings is 2. The van der Waals surface area contributed by atoms with Crippen molar-refractivity contribution >= 4 is 23.2 Å². The van der Waals surface area contributed by atoms with Crippen LogP contribution in [0.3, 0.4) is 0 Å². The van der Waals surface area contributed by atoms with E-state index >= 15 is 0 Å². The highest BCUT2D eigenvalue weighted by atomic mass is 16.3. The summed E-state index contributed by atoms with van der Waals surface area (Å²) in [5.41, 5.74) is 9.07. The molecule has 1 heterocycles. The summed E-state index contributed by atoms with van der Waals surface area (Å²) in [6, 6.07) is 11.7. The maximum atomic E-state index is 13.1. The van der Waals surface area contributed by atoms with Crippen molar-refractivity contribution in [2.24, 2.45) is 17.6 Å². The van der Waals surface area contributed by atoms with E-state index < -0.39 is 17.3 Å². The molecule has 0 spiro atoms. The van der Waals surface area contributed by atoms with E-state index in [4.69, 9.17) is 5.73 Å². The van der Waals surface area contributed by atoms with Gasteiger partial charge in [0.05, 0.1) is 11.8 Å². The third-order valence-electron chi connectivity index (χ3n) is 8.07. The van der Waals surface area contributed by atoms with Gasteiger partial charge >= 0.3 is 0 Å². The second-order valence-electron chi connectivity index (χ2n) is 10.6. The molecule has 198 valence electrons. The van der Waals surface area contributed by atoms with Crippen LogP contribution in [-0.4, -0.2) is 50.8 Å². The molecular formula is C30H32N2O6. The number of phenols is 1. The lowest BCUT2D eigenvalue weighted by Crippen LogP contribution is -2.33. The first-order valence-electron chi connectivity index (χ1n) is 13.1. The van der Waals surface area contributed by atoms with Crippen LogP contribution in [0, 0.1) is 11.8 Å². The van der Waals surface area contributed by atoms with Crippen molar-refractivity contribution in [1.82, 2.24) is 4.90 Å². The number of nitrogens with two attached hydrogens (primary N) is 1. The number of Topliss-reactive ketones (excluding diaryl/α,β-unsaturated/α-hetero) is 2. The van der Waals surface area contributed by atoms with Gasteiger partial charge in [-0.1, -0.05) is 30.3 Å². The molecule has 2 atom stereocenters. The number of likely N-dealkylation sites (tertiary alicyclic amines) is 1. The Labute approximate surface area is 221 Å². The van der Waals surface area contributed by atoms with Gasteiger partial charge in [-0.25, -0.2) is 0 Å². The fourth-order valence-corrected chi connectivity index (χ4v) is 6.27. The van der Waals surface area contributed by atoms with Gasteiger partial charge in [-0.3, -0.25) is 19.3 Å². The molecule has 1 amide bonds. The first kappa shape index (κ1) is 25.7. The van der Waals surface area contributed by atoms with E-state index in [0.29, 0.717) is 19.1 Å². The largest absolute Gasteiger partial charge is 0.515 e. The summed E-state index contributed by atoms with van der Waals surface area (Å²) < 4.78 is 0. The average Bonchev–Trinajstić information content (AvgIpc) is 3.38. The standard InChI is InChI=1S/C30H32N2O6/c31-30(38)23(16-33)25(35)12-18-11-20-14-22-21(7-8-24(34)28(22)29(37)27(20)26(36)13-18)19-5-3-17(4-6-19)15-32-9-1-2-10-32/h3-8,16,18,20,33-34,37H,1-2,9-15H2,(H2,31,38). The number of amides is 1. The van der Waals surface area contributed by atoms with E-state index in [1.807, 2.05) is 6.07 Å². The van der Waals surface area contributed by atoms with Gasteiger partial charge in [-0.05, 0) is 78.9 Å². The molecule has 8 nitrogen and oxygen atoms in total. The quantitative estimate of drug-likeness (QED) is 0.189. The monoisotopic (exact) mass is 516 g/mol. The Hall–Kier alpha value is -3.91. The molecule has 2 aliphatic carbocycles. The molecule has 2 unspecified atom stereocenters. The summed E-state index contributed by atoms with van der Waals surface area (Å²) in [6.07, 6.45) is 3.66. The molecule has 2 fully saturated rings. The smallest absolute Gasteiger partial charge is 0.255 e. The van der Waals surface area contributed by atoms with Crippen molar-refractivity contribution in [2.45, 2.75) is 45.1 Å². The number of fused-ring (bicyclic) bond motifs is 2. The Morgan fingerprint density at radius 3 is 2.39 bits per heavy atom. The summed E-state index contributed by atoms with van der Waals surface area (Å²) in [4.78, 5) is 39.5. The molecule has 1 saturated carbocycles. The summed E-state index contributed by atoms with van der Waals surface area (Å²) in [7, 11) is 0. The first-order chi connectivity index (χ1) is 18.3. The number of hydrogen-bond acceptors (Lipinski definition) is 7. The number of aliphatic hydroxyl groups is 2. The molecule has 1 saturated heterocycles. The number of ketones is 2. The minimum absolute atomic E-state index is 0.0212. The van der Waals surface area contributed by atoms with Crippen LogP contribution in [0.1, 0.15) is 48.8 Å². The van der Waals surface area contributed by atoms with Crippen LogP contribution in [0.25, 0.3) is 16.9 Å². The lowest BCUT2D eigenvalue weighted by atomic mass is 9.68. The Morgan fingerprint density at radius 2 is 1.74 bits per heavy atom. The van der Waals surface area contributed by atoms with Crippen molar-refractivity contribution in [2.75, 3.05) is 13.1 Å². The van der Waals surface area contributed by atoms with Crippen LogP contribution in [0.4, 0.5) is 0 Å². The minimum Gasteiger partial charge on any atom is -0.515 e. The van der Waals surface area contributed by atoms with Crippen molar-refractivity contribution in [3.63, 3.8) is 0 Å². The third kappa shape index (κ3) is 4.84. The van der Waals surface area contributed by atoms with Crippen LogP contribution >= 0.6 is 0 Å². The molecule has 38 heavy (non-hydrogen) atoms. The molecule has 0 bridgehead atoms. The van der Waals surface area contributed by atoms with Gasteiger partial charge in [-0.15, -0.1) is 0 Å². The van der Waals surface area contributed by atoms with Gasteiger partial charge in [0, 0.05) is 25.0 Å². The SMILES string of the molecule is NC(=O)C(=CO)C(=O)CC1CC(=O)C2=C(O)c3c(O)ccc(-c4ccc(CN5CCCC5)cc4)c3CC2C1. The number of carbonyl (C=O) groups excluding carboxylic acids is 3. The van der Waals surface area contributed by atoms with Crippen LogP contribution in [0.5, 0.6) is 5.75 Å². The summed E-state index contributed by atoms with van der Waals surface area (Å²) in [5, 5.41) is 31.0. The number of aliphatic hydroxyl groups excluding tert-OH is 2. The molecule has 8 heteroatoms. The molecule has 0 aromatic heterocycles. The number of nitrogens with zero attached hydrogens (tertiary/aromatic N) is 1. The zero-order chi connectivity index (χ0) is 27.0. The van der Waals surface area contributed by atoms with E-state index in [9.17, 15) is 29.7 Å². The van der Waals surface area contributed by atoms with Crippen molar-refractivity contribution < 1.29 is 29.7 Å². The zero-order valence-electron chi connectivity index (χ0n) is 21.2. The number of hydrogen-bond donors (Lipinski definition) is 4. The average molecular weight is 517 g/mol. The summed E-state index contributed by atoms with van der Waals surface area (Å²) in [5.74, 6) is -2.91. The van der Waals surface area contributed by atoms with Gasteiger partial charge in [0.25, 0.3) is 5.91 Å². The predicted octanol–water partition coefficient (Wildman–Crippen LogP) is 3.96. The van der Waals surface area contributed by atoms with Crippen molar-refractivity contribution in [1.29, 1.82) is 0 Å². The second-order valence-corrected chi connectivity index (χ2v) is 10.6. The lowest BCUT2D eigenvalue weighted by Gasteiger charge is -2.35. The van der Waals surface area contributed by atoms with Crippen LogP contribution in [0.2, 0.25) is 0 Å². The third-order valence-corrected chi connectivity index (χ3v) is 8.07. The molecule has 5 N–H and O–H groups in total. The molecule has 2 aromatic rings. The Kier molecular flexibility index (Phi) is 7.08. The van der Waals surface area contributed by atoms with Gasteiger partial charge in [0.15, 0.2) is 11.6 Å². The molecule has 3 aliphatic rings. The van der Waals surface area contributed by atoms with E-state index in [0.717, 1.165) is 36.3 Å². The molecule has 5 rings (SSSR count). The minimum atomic E-state index is -1.02. The predicted molar refractivity (Wildman–Crippen MR) is 142 cm³/mol. The number of phenolic OH excluding ortho intramolecular Hbond substituents is 1. The number of primary amides is 1. The van der Waals surface area contributed by atoms with E-state index in [1.54, 1.807) is 6.07 Å². The highest BCUT2D eigenvalue weighted by Crippen LogP contribution is 2.47.